The molecule has 0 spiro atoms. The van der Waals surface area contributed by atoms with Crippen molar-refractivity contribution in [2.24, 2.45) is 4.99 Å². The molecule has 0 amide bonds. The summed E-state index contributed by atoms with van der Waals surface area (Å²) in [6.45, 7) is 5.25. The van der Waals surface area contributed by atoms with Crippen molar-refractivity contribution in [1.82, 2.24) is 15.5 Å². The van der Waals surface area contributed by atoms with Gasteiger partial charge in [0, 0.05) is 38.0 Å². The van der Waals surface area contributed by atoms with Crippen LogP contribution >= 0.6 is 35.7 Å². The molecule has 1 aliphatic heterocycles. The maximum atomic E-state index is 4.33. The summed E-state index contributed by atoms with van der Waals surface area (Å²) in [5.41, 5.74) is 1.37. The van der Waals surface area contributed by atoms with E-state index in [9.17, 15) is 0 Å². The van der Waals surface area contributed by atoms with Gasteiger partial charge in [0.25, 0.3) is 0 Å². The normalized spacial score (nSPS) is 18.7. The Morgan fingerprint density at radius 1 is 1.32 bits per heavy atom. The lowest BCUT2D eigenvalue weighted by atomic mass is 10.1. The summed E-state index contributed by atoms with van der Waals surface area (Å²) >= 11 is 2.08. The number of nitrogens with zero attached hydrogens (tertiary/aromatic N) is 2. The lowest BCUT2D eigenvalue weighted by molar-refractivity contribution is 0.238. The zero-order chi connectivity index (χ0) is 17.2. The van der Waals surface area contributed by atoms with Crippen LogP contribution in [-0.2, 0) is 6.54 Å². The zero-order valence-corrected chi connectivity index (χ0v) is 18.8. The van der Waals surface area contributed by atoms with Gasteiger partial charge in [0.05, 0.1) is 0 Å². The first kappa shape index (κ1) is 22.6. The van der Waals surface area contributed by atoms with Gasteiger partial charge < -0.3 is 10.6 Å². The number of halogens is 1. The summed E-state index contributed by atoms with van der Waals surface area (Å²) in [7, 11) is 4.05. The molecule has 1 heterocycles. The minimum Gasteiger partial charge on any atom is -0.356 e. The van der Waals surface area contributed by atoms with Crippen LogP contribution in [-0.4, -0.2) is 55.1 Å². The Bertz CT molecular complexity index is 491. The van der Waals surface area contributed by atoms with Crippen LogP contribution in [0.5, 0.6) is 0 Å². The van der Waals surface area contributed by atoms with E-state index < -0.39 is 0 Å². The summed E-state index contributed by atoms with van der Waals surface area (Å²) in [5, 5.41) is 7.65. The number of hydrogen-bond donors (Lipinski definition) is 2. The molecule has 0 radical (unpaired) electrons. The minimum atomic E-state index is 0. The average Bonchev–Trinajstić information content (AvgIpc) is 3.12. The average molecular weight is 476 g/mol. The van der Waals surface area contributed by atoms with Crippen LogP contribution in [0.2, 0.25) is 0 Å². The number of rotatable bonds is 8. The predicted molar refractivity (Wildman–Crippen MR) is 122 cm³/mol. The molecule has 6 heteroatoms. The van der Waals surface area contributed by atoms with Gasteiger partial charge in [0.1, 0.15) is 0 Å². The smallest absolute Gasteiger partial charge is 0.191 e. The van der Waals surface area contributed by atoms with E-state index in [0.717, 1.165) is 37.3 Å². The summed E-state index contributed by atoms with van der Waals surface area (Å²) in [6.07, 6.45) is 3.78. The Hall–Kier alpha value is -0.470. The van der Waals surface area contributed by atoms with Gasteiger partial charge in [-0.3, -0.25) is 9.89 Å². The molecule has 2 rings (SSSR count). The molecular weight excluding hydrogens is 443 g/mol. The van der Waals surface area contributed by atoms with Crippen molar-refractivity contribution in [3.63, 3.8) is 0 Å². The van der Waals surface area contributed by atoms with Crippen LogP contribution in [0.1, 0.15) is 31.7 Å². The lowest BCUT2D eigenvalue weighted by Crippen LogP contribution is -2.42. The van der Waals surface area contributed by atoms with Crippen molar-refractivity contribution < 1.29 is 0 Å². The fourth-order valence-corrected chi connectivity index (χ4v) is 4.08. The Balaban J connectivity index is 0.00000312. The van der Waals surface area contributed by atoms with Gasteiger partial charge in [-0.2, -0.15) is 11.8 Å². The van der Waals surface area contributed by atoms with Crippen molar-refractivity contribution >= 4 is 41.7 Å². The number of hydrogen-bond acceptors (Lipinski definition) is 3. The van der Waals surface area contributed by atoms with Gasteiger partial charge in [0.2, 0.25) is 0 Å². The monoisotopic (exact) mass is 476 g/mol. The molecular formula is C19H33IN4S. The largest absolute Gasteiger partial charge is 0.356 e. The van der Waals surface area contributed by atoms with E-state index >= 15 is 0 Å². The maximum Gasteiger partial charge on any atom is 0.191 e. The molecule has 25 heavy (non-hydrogen) atoms. The van der Waals surface area contributed by atoms with Gasteiger partial charge in [-0.25, -0.2) is 0 Å². The molecule has 1 fully saturated rings. The molecule has 0 aromatic heterocycles. The van der Waals surface area contributed by atoms with Gasteiger partial charge in [-0.1, -0.05) is 30.3 Å². The Labute approximate surface area is 174 Å². The standard InChI is InChI=1S/C19H32N4S.HI/c1-16(23(3)15-17-8-5-4-6-9-17)11-12-21-19(20-2)22-14-18-10-7-13-24-18;/h4-6,8-9,16,18H,7,10-15H2,1-3H3,(H2,20,21,22);1H. The molecule has 1 aliphatic rings. The fraction of sp³-hybridized carbons (Fsp3) is 0.632. The van der Waals surface area contributed by atoms with Crippen LogP contribution in [0.4, 0.5) is 0 Å². The van der Waals surface area contributed by atoms with Gasteiger partial charge in [-0.15, -0.1) is 24.0 Å². The Morgan fingerprint density at radius 2 is 2.08 bits per heavy atom. The van der Waals surface area contributed by atoms with Gasteiger partial charge in [-0.05, 0) is 44.6 Å². The molecule has 4 nitrogen and oxygen atoms in total. The van der Waals surface area contributed by atoms with E-state index in [2.05, 4.69) is 76.6 Å². The van der Waals surface area contributed by atoms with Crippen LogP contribution in [0.25, 0.3) is 0 Å². The van der Waals surface area contributed by atoms with E-state index in [-0.39, 0.29) is 24.0 Å². The van der Waals surface area contributed by atoms with Crippen LogP contribution in [0.15, 0.2) is 35.3 Å². The van der Waals surface area contributed by atoms with Crippen molar-refractivity contribution in [2.75, 3.05) is 32.9 Å². The number of guanidine groups is 1. The quantitative estimate of drug-likeness (QED) is 0.342. The van der Waals surface area contributed by atoms with Crippen LogP contribution in [0.3, 0.4) is 0 Å². The fourth-order valence-electron chi connectivity index (χ4n) is 2.88. The first-order valence-electron chi connectivity index (χ1n) is 8.99. The second-order valence-corrected chi connectivity index (χ2v) is 7.96. The number of benzene rings is 1. The van der Waals surface area contributed by atoms with Crippen molar-refractivity contribution in [1.29, 1.82) is 0 Å². The van der Waals surface area contributed by atoms with Crippen LogP contribution < -0.4 is 10.6 Å². The van der Waals surface area contributed by atoms with E-state index in [1.54, 1.807) is 0 Å². The molecule has 0 bridgehead atoms. The summed E-state index contributed by atoms with van der Waals surface area (Å²) in [4.78, 5) is 6.74. The second-order valence-electron chi connectivity index (χ2n) is 6.55. The molecule has 1 aromatic rings. The molecule has 1 aromatic carbocycles. The first-order chi connectivity index (χ1) is 11.7. The molecule has 2 unspecified atom stereocenters. The molecule has 2 atom stereocenters. The maximum absolute atomic E-state index is 4.33. The highest BCUT2D eigenvalue weighted by Crippen LogP contribution is 2.25. The van der Waals surface area contributed by atoms with Crippen molar-refractivity contribution in [3.8, 4) is 0 Å². The van der Waals surface area contributed by atoms with Gasteiger partial charge >= 0.3 is 0 Å². The SMILES string of the molecule is CN=C(NCCC(C)N(C)Cc1ccccc1)NCC1CCCS1.I. The van der Waals surface area contributed by atoms with E-state index in [0.29, 0.717) is 6.04 Å². The Morgan fingerprint density at radius 3 is 2.72 bits per heavy atom. The molecule has 2 N–H and O–H groups in total. The zero-order valence-electron chi connectivity index (χ0n) is 15.7. The summed E-state index contributed by atoms with van der Waals surface area (Å²) < 4.78 is 0. The van der Waals surface area contributed by atoms with Crippen molar-refractivity contribution in [2.45, 2.75) is 44.0 Å². The molecule has 1 saturated heterocycles. The minimum absolute atomic E-state index is 0. The summed E-state index contributed by atoms with van der Waals surface area (Å²) in [6, 6.07) is 11.2. The number of thioether (sulfide) groups is 1. The lowest BCUT2D eigenvalue weighted by Gasteiger charge is -2.25. The Kier molecular flexibility index (Phi) is 11.6. The summed E-state index contributed by atoms with van der Waals surface area (Å²) in [5.74, 6) is 2.24. The second kappa shape index (κ2) is 12.8. The highest BCUT2D eigenvalue weighted by molar-refractivity contribution is 14.0. The van der Waals surface area contributed by atoms with E-state index in [4.69, 9.17) is 0 Å². The highest BCUT2D eigenvalue weighted by Gasteiger charge is 2.15. The third-order valence-corrected chi connectivity index (χ3v) is 6.02. The molecule has 142 valence electrons. The van der Waals surface area contributed by atoms with Gasteiger partial charge in [0.15, 0.2) is 5.96 Å². The molecule has 0 saturated carbocycles. The van der Waals surface area contributed by atoms with Crippen LogP contribution in [0, 0.1) is 0 Å². The number of nitrogens with one attached hydrogen (secondary N) is 2. The van der Waals surface area contributed by atoms with Crippen molar-refractivity contribution in [3.05, 3.63) is 35.9 Å². The molecule has 0 aliphatic carbocycles. The predicted octanol–water partition coefficient (Wildman–Crippen LogP) is 3.58. The third kappa shape index (κ3) is 8.64. The van der Waals surface area contributed by atoms with E-state index in [1.165, 1.54) is 24.2 Å². The highest BCUT2D eigenvalue weighted by atomic mass is 127. The first-order valence-corrected chi connectivity index (χ1v) is 10.0. The topological polar surface area (TPSA) is 39.7 Å². The van der Waals surface area contributed by atoms with E-state index in [1.807, 2.05) is 7.05 Å². The third-order valence-electron chi connectivity index (χ3n) is 4.63. The number of aliphatic imine (C=N–C) groups is 1.